The van der Waals surface area contributed by atoms with Gasteiger partial charge in [-0.1, -0.05) is 0 Å². The molecule has 1 unspecified atom stereocenters. The molecule has 0 N–H and O–H groups in total. The van der Waals surface area contributed by atoms with E-state index in [4.69, 9.17) is 0 Å². The number of hydrogen-bond donors (Lipinski definition) is 0. The maximum Gasteiger partial charge on any atom is 0.238 e. The summed E-state index contributed by atoms with van der Waals surface area (Å²) in [5.74, 6) is 1.72. The zero-order chi connectivity index (χ0) is 15.9. The maximum atomic E-state index is 12.8. The molecule has 7 nitrogen and oxygen atoms in total. The molecule has 0 aliphatic carbocycles. The van der Waals surface area contributed by atoms with Crippen molar-refractivity contribution in [2.45, 2.75) is 19.4 Å². The van der Waals surface area contributed by atoms with Gasteiger partial charge in [0, 0.05) is 44.9 Å². The molecular formula is C16H20N6O. The van der Waals surface area contributed by atoms with E-state index in [9.17, 15) is 4.79 Å². The smallest absolute Gasteiger partial charge is 0.238 e. The molecule has 2 aromatic rings. The number of hydrogen-bond acceptors (Lipinski definition) is 5. The van der Waals surface area contributed by atoms with Crippen LogP contribution in [0.25, 0.3) is 0 Å². The van der Waals surface area contributed by atoms with Crippen LogP contribution in [-0.2, 0) is 18.4 Å². The Balaban J connectivity index is 1.46. The Morgan fingerprint density at radius 3 is 2.70 bits per heavy atom. The predicted molar refractivity (Wildman–Crippen MR) is 84.5 cm³/mol. The van der Waals surface area contributed by atoms with E-state index < -0.39 is 0 Å². The highest BCUT2D eigenvalue weighted by molar-refractivity contribution is 6.03. The summed E-state index contributed by atoms with van der Waals surface area (Å²) in [4.78, 5) is 29.6. The van der Waals surface area contributed by atoms with Crippen LogP contribution in [0.5, 0.6) is 0 Å². The van der Waals surface area contributed by atoms with Crippen LogP contribution in [0.15, 0.2) is 30.9 Å². The first kappa shape index (κ1) is 14.3. The minimum atomic E-state index is -0.261. The van der Waals surface area contributed by atoms with Crippen LogP contribution in [0.2, 0.25) is 0 Å². The van der Waals surface area contributed by atoms with Gasteiger partial charge >= 0.3 is 0 Å². The molecule has 0 aromatic carbocycles. The highest BCUT2D eigenvalue weighted by Gasteiger charge is 2.55. The molecular weight excluding hydrogens is 292 g/mol. The van der Waals surface area contributed by atoms with Gasteiger partial charge in [-0.05, 0) is 25.5 Å². The second-order valence-electron chi connectivity index (χ2n) is 6.49. The van der Waals surface area contributed by atoms with Crippen LogP contribution in [0, 0.1) is 5.41 Å². The minimum Gasteiger partial charge on any atom is -0.337 e. The zero-order valence-electron chi connectivity index (χ0n) is 13.2. The van der Waals surface area contributed by atoms with Crippen molar-refractivity contribution in [1.29, 1.82) is 0 Å². The third-order valence-corrected chi connectivity index (χ3v) is 4.90. The highest BCUT2D eigenvalue weighted by atomic mass is 16.2. The molecule has 0 radical (unpaired) electrons. The number of aryl methyl sites for hydroxylation is 1. The molecule has 4 heterocycles. The van der Waals surface area contributed by atoms with Crippen molar-refractivity contribution in [3.05, 3.63) is 36.7 Å². The van der Waals surface area contributed by atoms with E-state index in [-0.39, 0.29) is 11.3 Å². The molecule has 7 heteroatoms. The first-order chi connectivity index (χ1) is 11.2. The van der Waals surface area contributed by atoms with E-state index in [1.54, 1.807) is 23.4 Å². The van der Waals surface area contributed by atoms with Crippen molar-refractivity contribution in [1.82, 2.24) is 24.4 Å². The first-order valence-electron chi connectivity index (χ1n) is 7.95. The average molecular weight is 312 g/mol. The number of aromatic nitrogens is 4. The molecule has 23 heavy (non-hydrogen) atoms. The zero-order valence-corrected chi connectivity index (χ0v) is 13.2. The summed E-state index contributed by atoms with van der Waals surface area (Å²) in [6.45, 7) is 3.32. The summed E-state index contributed by atoms with van der Waals surface area (Å²) in [5.41, 5.74) is -0.261. The lowest BCUT2D eigenvalue weighted by atomic mass is 9.72. The number of carbonyl (C=O) groups excluding carboxylic acids is 1. The molecule has 1 spiro atoms. The van der Waals surface area contributed by atoms with E-state index in [2.05, 4.69) is 19.9 Å². The number of β-lactam (4-membered cyclic amide) rings is 1. The topological polar surface area (TPSA) is 67.2 Å². The number of rotatable bonds is 3. The van der Waals surface area contributed by atoms with Gasteiger partial charge < -0.3 is 4.57 Å². The molecule has 0 saturated carbocycles. The molecule has 4 rings (SSSR count). The Bertz CT molecular complexity index is 714. The average Bonchev–Trinajstić information content (AvgIpc) is 2.98. The van der Waals surface area contributed by atoms with Crippen molar-refractivity contribution < 1.29 is 4.79 Å². The number of nitrogens with zero attached hydrogens (tertiary/aromatic N) is 6. The van der Waals surface area contributed by atoms with Gasteiger partial charge in [-0.25, -0.2) is 15.0 Å². The molecule has 2 saturated heterocycles. The fourth-order valence-electron chi connectivity index (χ4n) is 3.64. The van der Waals surface area contributed by atoms with Crippen LogP contribution in [0.3, 0.4) is 0 Å². The molecule has 0 bridgehead atoms. The molecule has 120 valence electrons. The maximum absolute atomic E-state index is 12.8. The lowest BCUT2D eigenvalue weighted by Gasteiger charge is -2.52. The number of piperidine rings is 1. The van der Waals surface area contributed by atoms with Gasteiger partial charge in [0.25, 0.3) is 0 Å². The van der Waals surface area contributed by atoms with Crippen molar-refractivity contribution in [2.24, 2.45) is 12.5 Å². The summed E-state index contributed by atoms with van der Waals surface area (Å²) in [5, 5.41) is 0. The predicted octanol–water partition coefficient (Wildman–Crippen LogP) is 0.839. The number of imidazole rings is 1. The summed E-state index contributed by atoms with van der Waals surface area (Å²) in [6, 6.07) is 1.76. The third-order valence-electron chi connectivity index (χ3n) is 4.90. The van der Waals surface area contributed by atoms with Crippen molar-refractivity contribution in [3.63, 3.8) is 0 Å². The molecule has 1 atom stereocenters. The van der Waals surface area contributed by atoms with E-state index >= 15 is 0 Å². The summed E-state index contributed by atoms with van der Waals surface area (Å²) >= 11 is 0. The largest absolute Gasteiger partial charge is 0.337 e. The van der Waals surface area contributed by atoms with Gasteiger partial charge in [-0.3, -0.25) is 14.6 Å². The van der Waals surface area contributed by atoms with Crippen molar-refractivity contribution in [3.8, 4) is 0 Å². The Morgan fingerprint density at radius 2 is 2.00 bits per heavy atom. The van der Waals surface area contributed by atoms with E-state index in [0.717, 1.165) is 38.3 Å². The van der Waals surface area contributed by atoms with Crippen LogP contribution in [0.4, 0.5) is 5.95 Å². The second kappa shape index (κ2) is 5.42. The van der Waals surface area contributed by atoms with E-state index in [1.807, 2.05) is 24.0 Å². The van der Waals surface area contributed by atoms with Crippen LogP contribution in [0.1, 0.15) is 18.7 Å². The number of amides is 1. The van der Waals surface area contributed by atoms with Crippen molar-refractivity contribution >= 4 is 11.9 Å². The fraction of sp³-hybridized carbons (Fsp3) is 0.500. The first-order valence-corrected chi connectivity index (χ1v) is 7.95. The van der Waals surface area contributed by atoms with E-state index in [0.29, 0.717) is 12.5 Å². The quantitative estimate of drug-likeness (QED) is 0.786. The van der Waals surface area contributed by atoms with Gasteiger partial charge in [0.05, 0.1) is 12.0 Å². The number of carbonyl (C=O) groups is 1. The Morgan fingerprint density at radius 1 is 1.17 bits per heavy atom. The third kappa shape index (κ3) is 2.41. The molecule has 2 aliphatic rings. The Labute approximate surface area is 135 Å². The summed E-state index contributed by atoms with van der Waals surface area (Å²) < 4.78 is 2.04. The summed E-state index contributed by atoms with van der Waals surface area (Å²) in [7, 11) is 2.00. The number of anilines is 1. The van der Waals surface area contributed by atoms with Gasteiger partial charge in [-0.15, -0.1) is 0 Å². The minimum absolute atomic E-state index is 0.160. The molecule has 2 aliphatic heterocycles. The SMILES string of the molecule is Cn1ccnc1CN1CCCC2(C1)CN(c1ncccn1)C2=O. The molecule has 1 amide bonds. The van der Waals surface area contributed by atoms with Gasteiger partial charge in [0.2, 0.25) is 11.9 Å². The normalized spacial score (nSPS) is 24.9. The highest BCUT2D eigenvalue weighted by Crippen LogP contribution is 2.41. The Kier molecular flexibility index (Phi) is 3.37. The van der Waals surface area contributed by atoms with Crippen molar-refractivity contribution in [2.75, 3.05) is 24.5 Å². The lowest BCUT2D eigenvalue weighted by Crippen LogP contribution is -2.67. The molecule has 2 fully saturated rings. The van der Waals surface area contributed by atoms with Gasteiger partial charge in [-0.2, -0.15) is 0 Å². The summed E-state index contributed by atoms with van der Waals surface area (Å²) in [6.07, 6.45) is 9.12. The monoisotopic (exact) mass is 312 g/mol. The fourth-order valence-corrected chi connectivity index (χ4v) is 3.64. The van der Waals surface area contributed by atoms with E-state index in [1.165, 1.54) is 0 Å². The van der Waals surface area contributed by atoms with Crippen LogP contribution >= 0.6 is 0 Å². The Hall–Kier alpha value is -2.28. The van der Waals surface area contributed by atoms with Crippen LogP contribution < -0.4 is 4.90 Å². The lowest BCUT2D eigenvalue weighted by molar-refractivity contribution is -0.139. The molecule has 2 aromatic heterocycles. The van der Waals surface area contributed by atoms with Crippen LogP contribution in [-0.4, -0.2) is 50.0 Å². The second-order valence-corrected chi connectivity index (χ2v) is 6.49. The van der Waals surface area contributed by atoms with Gasteiger partial charge in [0.1, 0.15) is 5.82 Å². The number of likely N-dealkylation sites (tertiary alicyclic amines) is 1. The standard InChI is InChI=1S/C16H20N6O/c1-20-9-7-17-13(20)10-21-8-2-4-16(11-21)12-22(14(16)23)15-18-5-3-6-19-15/h3,5-7,9H,2,4,8,10-12H2,1H3. The van der Waals surface area contributed by atoms with Gasteiger partial charge in [0.15, 0.2) is 0 Å².